The van der Waals surface area contributed by atoms with Gasteiger partial charge in [-0.3, -0.25) is 14.4 Å². The van der Waals surface area contributed by atoms with Gasteiger partial charge >= 0.3 is 0 Å². The number of hydrogen-bond acceptors (Lipinski definition) is 4. The van der Waals surface area contributed by atoms with Gasteiger partial charge in [0.1, 0.15) is 12.1 Å². The summed E-state index contributed by atoms with van der Waals surface area (Å²) in [5, 5.41) is 8.07. The van der Waals surface area contributed by atoms with Crippen molar-refractivity contribution in [3.05, 3.63) is 0 Å². The van der Waals surface area contributed by atoms with Gasteiger partial charge in [0.25, 0.3) is 0 Å². The van der Waals surface area contributed by atoms with Gasteiger partial charge in [-0.1, -0.05) is 0 Å². The molecule has 1 rings (SSSR count). The highest BCUT2D eigenvalue weighted by atomic mass is 16.2. The van der Waals surface area contributed by atoms with Crippen LogP contribution in [0, 0.1) is 0 Å². The summed E-state index contributed by atoms with van der Waals surface area (Å²) < 4.78 is 0. The first-order valence-electron chi connectivity index (χ1n) is 6.05. The molecule has 18 heavy (non-hydrogen) atoms. The molecular weight excluding hydrogens is 236 g/mol. The minimum Gasteiger partial charge on any atom is -0.368 e. The van der Waals surface area contributed by atoms with E-state index in [0.717, 1.165) is 19.4 Å². The van der Waals surface area contributed by atoms with Crippen LogP contribution < -0.4 is 21.7 Å². The van der Waals surface area contributed by atoms with E-state index in [4.69, 9.17) is 5.73 Å². The van der Waals surface area contributed by atoms with Gasteiger partial charge in [-0.15, -0.1) is 0 Å². The number of hydrogen-bond donors (Lipinski definition) is 4. The number of carbonyl (C=O) groups excluding carboxylic acids is 3. The number of carbonyl (C=O) groups is 3. The van der Waals surface area contributed by atoms with Gasteiger partial charge in [0, 0.05) is 0 Å². The Balaban J connectivity index is 2.39. The molecule has 1 aliphatic heterocycles. The molecule has 0 aromatic carbocycles. The largest absolute Gasteiger partial charge is 0.368 e. The fourth-order valence-corrected chi connectivity index (χ4v) is 1.70. The minimum atomic E-state index is -0.749. The SMILES string of the molecule is C[C@H](NC(=O)[C@H](C)NC(=O)[C@@H]1CCCN1)C(N)=O. The molecule has 3 atom stereocenters. The molecule has 0 spiro atoms. The van der Waals surface area contributed by atoms with Gasteiger partial charge in [0.2, 0.25) is 17.7 Å². The summed E-state index contributed by atoms with van der Waals surface area (Å²) >= 11 is 0. The molecule has 7 nitrogen and oxygen atoms in total. The average Bonchev–Trinajstić information content (AvgIpc) is 2.81. The minimum absolute atomic E-state index is 0.193. The molecule has 0 aromatic heterocycles. The topological polar surface area (TPSA) is 113 Å². The third-order valence-electron chi connectivity index (χ3n) is 2.91. The lowest BCUT2D eigenvalue weighted by Crippen LogP contribution is -2.53. The zero-order valence-electron chi connectivity index (χ0n) is 10.7. The van der Waals surface area contributed by atoms with E-state index in [0.29, 0.717) is 0 Å². The molecule has 1 fully saturated rings. The van der Waals surface area contributed by atoms with Crippen molar-refractivity contribution in [2.75, 3.05) is 6.54 Å². The second kappa shape index (κ2) is 6.34. The molecule has 0 unspecified atom stereocenters. The standard InChI is InChI=1S/C11H20N4O3/c1-6(9(12)16)14-10(17)7(2)15-11(18)8-4-3-5-13-8/h6-8,13H,3-5H2,1-2H3,(H2,12,16)(H,14,17)(H,15,18)/t6-,7-,8-/m0/s1. The Bertz CT molecular complexity index is 339. The van der Waals surface area contributed by atoms with Crippen LogP contribution in [0.4, 0.5) is 0 Å². The number of primary amides is 1. The summed E-state index contributed by atoms with van der Waals surface area (Å²) in [5.74, 6) is -1.23. The molecule has 0 aromatic rings. The predicted molar refractivity (Wildman–Crippen MR) is 65.4 cm³/mol. The second-order valence-electron chi connectivity index (χ2n) is 4.51. The summed E-state index contributed by atoms with van der Waals surface area (Å²) in [6.07, 6.45) is 1.73. The molecule has 0 saturated carbocycles. The van der Waals surface area contributed by atoms with E-state index in [1.165, 1.54) is 6.92 Å². The van der Waals surface area contributed by atoms with Gasteiger partial charge in [0.15, 0.2) is 0 Å². The van der Waals surface area contributed by atoms with Crippen LogP contribution in [0.3, 0.4) is 0 Å². The van der Waals surface area contributed by atoms with Crippen molar-refractivity contribution in [2.45, 2.75) is 44.8 Å². The van der Waals surface area contributed by atoms with Crippen LogP contribution in [0.5, 0.6) is 0 Å². The summed E-state index contributed by atoms with van der Waals surface area (Å²) in [7, 11) is 0. The molecule has 1 heterocycles. The average molecular weight is 256 g/mol. The summed E-state index contributed by atoms with van der Waals surface area (Å²) in [6, 6.07) is -1.67. The zero-order chi connectivity index (χ0) is 13.7. The van der Waals surface area contributed by atoms with Crippen LogP contribution in [0.2, 0.25) is 0 Å². The first kappa shape index (κ1) is 14.4. The fourth-order valence-electron chi connectivity index (χ4n) is 1.70. The van der Waals surface area contributed by atoms with Crippen molar-refractivity contribution in [2.24, 2.45) is 5.73 Å². The van der Waals surface area contributed by atoms with E-state index in [1.807, 2.05) is 0 Å². The lowest BCUT2D eigenvalue weighted by molar-refractivity contribution is -0.131. The molecular formula is C11H20N4O3. The molecule has 1 saturated heterocycles. The van der Waals surface area contributed by atoms with Gasteiger partial charge < -0.3 is 21.7 Å². The van der Waals surface area contributed by atoms with Crippen molar-refractivity contribution < 1.29 is 14.4 Å². The Kier molecular flexibility index (Phi) is 5.08. The Labute approximate surface area is 106 Å². The van der Waals surface area contributed by atoms with E-state index in [-0.39, 0.29) is 11.9 Å². The number of rotatable bonds is 5. The van der Waals surface area contributed by atoms with Gasteiger partial charge in [0.05, 0.1) is 6.04 Å². The van der Waals surface area contributed by atoms with Crippen LogP contribution in [0.1, 0.15) is 26.7 Å². The quantitative estimate of drug-likeness (QED) is 0.466. The van der Waals surface area contributed by atoms with E-state index >= 15 is 0 Å². The molecule has 5 N–H and O–H groups in total. The van der Waals surface area contributed by atoms with Crippen molar-refractivity contribution in [1.82, 2.24) is 16.0 Å². The second-order valence-corrected chi connectivity index (χ2v) is 4.51. The first-order valence-corrected chi connectivity index (χ1v) is 6.05. The Hall–Kier alpha value is -1.63. The highest BCUT2D eigenvalue weighted by molar-refractivity contribution is 5.92. The van der Waals surface area contributed by atoms with Crippen molar-refractivity contribution in [3.63, 3.8) is 0 Å². The van der Waals surface area contributed by atoms with E-state index in [2.05, 4.69) is 16.0 Å². The highest BCUT2D eigenvalue weighted by Crippen LogP contribution is 2.04. The number of nitrogens with two attached hydrogens (primary N) is 1. The first-order chi connectivity index (χ1) is 8.41. The lowest BCUT2D eigenvalue weighted by atomic mass is 10.2. The van der Waals surface area contributed by atoms with Crippen LogP contribution in [-0.2, 0) is 14.4 Å². The molecule has 0 bridgehead atoms. The maximum atomic E-state index is 11.7. The monoisotopic (exact) mass is 256 g/mol. The van der Waals surface area contributed by atoms with Crippen LogP contribution >= 0.6 is 0 Å². The zero-order valence-corrected chi connectivity index (χ0v) is 10.7. The molecule has 0 aliphatic carbocycles. The smallest absolute Gasteiger partial charge is 0.242 e. The highest BCUT2D eigenvalue weighted by Gasteiger charge is 2.25. The summed E-state index contributed by atoms with van der Waals surface area (Å²) in [6.45, 7) is 3.88. The Morgan fingerprint density at radius 2 is 1.89 bits per heavy atom. The van der Waals surface area contributed by atoms with E-state index in [9.17, 15) is 14.4 Å². The van der Waals surface area contributed by atoms with E-state index < -0.39 is 23.9 Å². The summed E-state index contributed by atoms with van der Waals surface area (Å²) in [5.41, 5.74) is 5.03. The van der Waals surface area contributed by atoms with Gasteiger partial charge in [-0.2, -0.15) is 0 Å². The summed E-state index contributed by atoms with van der Waals surface area (Å²) in [4.78, 5) is 34.2. The predicted octanol–water partition coefficient (Wildman–Crippen LogP) is -1.77. The van der Waals surface area contributed by atoms with Gasteiger partial charge in [-0.25, -0.2) is 0 Å². The molecule has 0 radical (unpaired) electrons. The van der Waals surface area contributed by atoms with Crippen molar-refractivity contribution in [3.8, 4) is 0 Å². The van der Waals surface area contributed by atoms with Crippen LogP contribution in [0.15, 0.2) is 0 Å². The molecule has 102 valence electrons. The Morgan fingerprint density at radius 1 is 1.22 bits per heavy atom. The maximum absolute atomic E-state index is 11.7. The van der Waals surface area contributed by atoms with Gasteiger partial charge in [-0.05, 0) is 33.2 Å². The number of nitrogens with one attached hydrogen (secondary N) is 3. The molecule has 1 aliphatic rings. The lowest BCUT2D eigenvalue weighted by Gasteiger charge is -2.18. The van der Waals surface area contributed by atoms with Crippen molar-refractivity contribution >= 4 is 17.7 Å². The third-order valence-corrected chi connectivity index (χ3v) is 2.91. The maximum Gasteiger partial charge on any atom is 0.242 e. The Morgan fingerprint density at radius 3 is 2.39 bits per heavy atom. The third kappa shape index (κ3) is 3.99. The number of amides is 3. The fraction of sp³-hybridized carbons (Fsp3) is 0.727. The normalized spacial score (nSPS) is 22.0. The van der Waals surface area contributed by atoms with E-state index in [1.54, 1.807) is 6.92 Å². The molecule has 7 heteroatoms. The van der Waals surface area contributed by atoms with Crippen LogP contribution in [0.25, 0.3) is 0 Å². The van der Waals surface area contributed by atoms with Crippen molar-refractivity contribution in [1.29, 1.82) is 0 Å². The van der Waals surface area contributed by atoms with Crippen LogP contribution in [-0.4, -0.2) is 42.4 Å². The molecule has 3 amide bonds.